The number of hydrogen-bond acceptors (Lipinski definition) is 4. The first-order valence-corrected chi connectivity index (χ1v) is 9.43. The highest BCUT2D eigenvalue weighted by molar-refractivity contribution is 5.95. The number of benzene rings is 1. The molecular formula is C21H24N4O3. The summed E-state index contributed by atoms with van der Waals surface area (Å²) in [7, 11) is 0. The number of likely N-dealkylation sites (tertiary alicyclic amines) is 1. The van der Waals surface area contributed by atoms with Crippen molar-refractivity contribution in [2.45, 2.75) is 19.8 Å². The van der Waals surface area contributed by atoms with Gasteiger partial charge in [0.2, 0.25) is 5.91 Å². The van der Waals surface area contributed by atoms with Crippen molar-refractivity contribution in [2.75, 3.05) is 26.2 Å². The van der Waals surface area contributed by atoms with Gasteiger partial charge in [-0.1, -0.05) is 12.1 Å². The van der Waals surface area contributed by atoms with E-state index in [1.54, 1.807) is 24.4 Å². The molecule has 3 amide bonds. The summed E-state index contributed by atoms with van der Waals surface area (Å²) in [6.45, 7) is 3.83. The van der Waals surface area contributed by atoms with Gasteiger partial charge in [0.25, 0.3) is 11.8 Å². The maximum Gasteiger partial charge on any atom is 0.255 e. The molecule has 0 radical (unpaired) electrons. The minimum atomic E-state index is -0.198. The smallest absolute Gasteiger partial charge is 0.255 e. The largest absolute Gasteiger partial charge is 0.355 e. The second kappa shape index (κ2) is 9.12. The van der Waals surface area contributed by atoms with Gasteiger partial charge in [0.1, 0.15) is 0 Å². The topological polar surface area (TPSA) is 91.4 Å². The molecule has 0 spiro atoms. The van der Waals surface area contributed by atoms with Gasteiger partial charge >= 0.3 is 0 Å². The molecule has 2 N–H and O–H groups in total. The van der Waals surface area contributed by atoms with Crippen LogP contribution in [0.4, 0.5) is 0 Å². The Labute approximate surface area is 164 Å². The van der Waals surface area contributed by atoms with E-state index in [1.807, 2.05) is 23.1 Å². The summed E-state index contributed by atoms with van der Waals surface area (Å²) in [5.74, 6) is -0.293. The Morgan fingerprint density at radius 2 is 1.57 bits per heavy atom. The second-order valence-corrected chi connectivity index (χ2v) is 6.75. The Kier molecular flexibility index (Phi) is 6.37. The number of amides is 3. The minimum absolute atomic E-state index is 0.0304. The third kappa shape index (κ3) is 4.94. The highest BCUT2D eigenvalue weighted by Gasteiger charge is 2.19. The highest BCUT2D eigenvalue weighted by atomic mass is 16.2. The third-order valence-electron chi connectivity index (χ3n) is 4.63. The number of carbonyl (C=O) groups is 3. The number of nitrogens with zero attached hydrogens (tertiary/aromatic N) is 2. The van der Waals surface area contributed by atoms with Crippen LogP contribution in [0, 0.1) is 0 Å². The van der Waals surface area contributed by atoms with Crippen molar-refractivity contribution in [3.8, 4) is 11.3 Å². The average molecular weight is 380 g/mol. The van der Waals surface area contributed by atoms with Gasteiger partial charge in [-0.3, -0.25) is 19.4 Å². The Balaban J connectivity index is 1.59. The van der Waals surface area contributed by atoms with Crippen molar-refractivity contribution in [1.82, 2.24) is 20.5 Å². The van der Waals surface area contributed by atoms with Gasteiger partial charge in [-0.05, 0) is 37.1 Å². The van der Waals surface area contributed by atoms with Crippen molar-refractivity contribution in [3.63, 3.8) is 0 Å². The fourth-order valence-corrected chi connectivity index (χ4v) is 3.10. The zero-order chi connectivity index (χ0) is 19.9. The summed E-state index contributed by atoms with van der Waals surface area (Å²) in [4.78, 5) is 41.5. The van der Waals surface area contributed by atoms with Crippen LogP contribution in [0.5, 0.6) is 0 Å². The van der Waals surface area contributed by atoms with Gasteiger partial charge in [0, 0.05) is 50.4 Å². The molecule has 7 nitrogen and oxygen atoms in total. The number of pyridine rings is 1. The van der Waals surface area contributed by atoms with Gasteiger partial charge < -0.3 is 15.5 Å². The molecule has 7 heteroatoms. The summed E-state index contributed by atoms with van der Waals surface area (Å²) in [6.07, 6.45) is 3.73. The maximum absolute atomic E-state index is 12.4. The van der Waals surface area contributed by atoms with Crippen LogP contribution in [0.25, 0.3) is 11.3 Å². The molecule has 1 aromatic heterocycles. The van der Waals surface area contributed by atoms with Gasteiger partial charge in [-0.15, -0.1) is 0 Å². The van der Waals surface area contributed by atoms with E-state index in [9.17, 15) is 14.4 Å². The van der Waals surface area contributed by atoms with Crippen LogP contribution in [-0.2, 0) is 4.79 Å². The first kappa shape index (κ1) is 19.5. The normalized spacial score (nSPS) is 13.2. The van der Waals surface area contributed by atoms with Crippen molar-refractivity contribution in [1.29, 1.82) is 0 Å². The molecule has 28 heavy (non-hydrogen) atoms. The van der Waals surface area contributed by atoms with Crippen LogP contribution in [0.15, 0.2) is 42.6 Å². The quantitative estimate of drug-likeness (QED) is 0.748. The molecule has 2 heterocycles. The first-order chi connectivity index (χ1) is 13.5. The SMILES string of the molecule is CC(=O)NCCNC(=O)c1ccc(-c2ccc(C(=O)N3CCCC3)cn2)cc1. The summed E-state index contributed by atoms with van der Waals surface area (Å²) in [5.41, 5.74) is 2.75. The Morgan fingerprint density at radius 3 is 2.18 bits per heavy atom. The lowest BCUT2D eigenvalue weighted by Gasteiger charge is -2.15. The van der Waals surface area contributed by atoms with Crippen LogP contribution in [0.3, 0.4) is 0 Å². The fraction of sp³-hybridized carbons (Fsp3) is 0.333. The number of rotatable bonds is 6. The highest BCUT2D eigenvalue weighted by Crippen LogP contribution is 2.19. The molecule has 1 aliphatic rings. The molecule has 3 rings (SSSR count). The van der Waals surface area contributed by atoms with E-state index < -0.39 is 0 Å². The lowest BCUT2D eigenvalue weighted by Crippen LogP contribution is -2.33. The monoisotopic (exact) mass is 380 g/mol. The second-order valence-electron chi connectivity index (χ2n) is 6.75. The van der Waals surface area contributed by atoms with Crippen molar-refractivity contribution in [3.05, 3.63) is 53.7 Å². The maximum atomic E-state index is 12.4. The van der Waals surface area contributed by atoms with Crippen LogP contribution < -0.4 is 10.6 Å². The van der Waals surface area contributed by atoms with Crippen molar-refractivity contribution < 1.29 is 14.4 Å². The van der Waals surface area contributed by atoms with E-state index in [0.717, 1.165) is 37.2 Å². The first-order valence-electron chi connectivity index (χ1n) is 9.43. The Hall–Kier alpha value is -3.22. The standard InChI is InChI=1S/C21H24N4O3/c1-15(26)22-10-11-23-20(27)17-6-4-16(5-7-17)19-9-8-18(14-24-19)21(28)25-12-2-3-13-25/h4-9,14H,2-3,10-13H2,1H3,(H,22,26)(H,23,27). The molecule has 0 aliphatic carbocycles. The van der Waals surface area contributed by atoms with E-state index in [4.69, 9.17) is 0 Å². The van der Waals surface area contributed by atoms with Gasteiger partial charge in [-0.2, -0.15) is 0 Å². The van der Waals surface area contributed by atoms with Crippen LogP contribution >= 0.6 is 0 Å². The lowest BCUT2D eigenvalue weighted by molar-refractivity contribution is -0.118. The number of aromatic nitrogens is 1. The lowest BCUT2D eigenvalue weighted by atomic mass is 10.1. The fourth-order valence-electron chi connectivity index (χ4n) is 3.10. The molecule has 0 atom stereocenters. The number of hydrogen-bond donors (Lipinski definition) is 2. The van der Waals surface area contributed by atoms with Crippen molar-refractivity contribution in [2.24, 2.45) is 0 Å². The molecule has 1 fully saturated rings. The molecule has 0 bridgehead atoms. The van der Waals surface area contributed by atoms with Gasteiger partial charge in [-0.25, -0.2) is 0 Å². The molecule has 0 unspecified atom stereocenters. The molecule has 0 saturated carbocycles. The molecule has 1 aromatic carbocycles. The number of carbonyl (C=O) groups excluding carboxylic acids is 3. The molecule has 1 aliphatic heterocycles. The van der Waals surface area contributed by atoms with Gasteiger partial charge in [0.05, 0.1) is 11.3 Å². The third-order valence-corrected chi connectivity index (χ3v) is 4.63. The van der Waals surface area contributed by atoms with Crippen LogP contribution in [0.1, 0.15) is 40.5 Å². The zero-order valence-corrected chi connectivity index (χ0v) is 15.9. The van der Waals surface area contributed by atoms with E-state index in [1.165, 1.54) is 6.92 Å². The summed E-state index contributed by atoms with van der Waals surface area (Å²) < 4.78 is 0. The van der Waals surface area contributed by atoms with Crippen LogP contribution in [-0.4, -0.2) is 53.8 Å². The summed E-state index contributed by atoms with van der Waals surface area (Å²) in [5, 5.41) is 5.37. The molecule has 2 aromatic rings. The average Bonchev–Trinajstić information content (AvgIpc) is 3.25. The molecule has 146 valence electrons. The van der Waals surface area contributed by atoms with E-state index >= 15 is 0 Å². The minimum Gasteiger partial charge on any atom is -0.355 e. The molecule has 1 saturated heterocycles. The predicted molar refractivity (Wildman–Crippen MR) is 106 cm³/mol. The van der Waals surface area contributed by atoms with E-state index in [2.05, 4.69) is 15.6 Å². The predicted octanol–water partition coefficient (Wildman–Crippen LogP) is 1.85. The van der Waals surface area contributed by atoms with Crippen LogP contribution in [0.2, 0.25) is 0 Å². The van der Waals surface area contributed by atoms with E-state index in [0.29, 0.717) is 24.2 Å². The zero-order valence-electron chi connectivity index (χ0n) is 15.9. The number of nitrogens with one attached hydrogen (secondary N) is 2. The summed E-state index contributed by atoms with van der Waals surface area (Å²) in [6, 6.07) is 10.7. The Bertz CT molecular complexity index is 841. The molecular weight excluding hydrogens is 356 g/mol. The Morgan fingerprint density at radius 1 is 0.929 bits per heavy atom. The summed E-state index contributed by atoms with van der Waals surface area (Å²) >= 11 is 0. The van der Waals surface area contributed by atoms with Crippen molar-refractivity contribution >= 4 is 17.7 Å². The van der Waals surface area contributed by atoms with E-state index in [-0.39, 0.29) is 17.7 Å². The van der Waals surface area contributed by atoms with Gasteiger partial charge in [0.15, 0.2) is 0 Å².